The minimum Gasteiger partial charge on any atom is -0.493 e. The molecular weight excluding hydrogens is 418 g/mol. The molecule has 8 heteroatoms. The molecule has 2 aromatic carbocycles. The molecule has 1 aliphatic rings. The highest BCUT2D eigenvalue weighted by Gasteiger charge is 2.12. The lowest BCUT2D eigenvalue weighted by Crippen LogP contribution is -2.25. The molecule has 1 aliphatic heterocycles. The number of amides is 2. The first kappa shape index (κ1) is 22.4. The van der Waals surface area contributed by atoms with Crippen LogP contribution in [0, 0.1) is 0 Å². The molecule has 2 N–H and O–H groups in total. The van der Waals surface area contributed by atoms with E-state index in [0.717, 1.165) is 30.2 Å². The molecule has 4 rings (SSSR count). The Kier molecular flexibility index (Phi) is 7.24. The number of nitrogens with one attached hydrogen (secondary N) is 2. The normalized spacial score (nSPS) is 13.7. The van der Waals surface area contributed by atoms with Crippen molar-refractivity contribution in [1.29, 1.82) is 0 Å². The number of hydrogen-bond donors (Lipinski definition) is 2. The first-order valence-corrected chi connectivity index (χ1v) is 11.2. The van der Waals surface area contributed by atoms with Crippen molar-refractivity contribution in [3.05, 3.63) is 54.6 Å². The lowest BCUT2D eigenvalue weighted by Gasteiger charge is -2.20. The van der Waals surface area contributed by atoms with Crippen molar-refractivity contribution in [2.45, 2.75) is 25.7 Å². The molecule has 0 saturated carbocycles. The summed E-state index contributed by atoms with van der Waals surface area (Å²) >= 11 is 0. The monoisotopic (exact) mass is 447 g/mol. The summed E-state index contributed by atoms with van der Waals surface area (Å²) in [6.45, 7) is 2.06. The summed E-state index contributed by atoms with van der Waals surface area (Å²) < 4.78 is 10.5. The number of methoxy groups -OCH3 is 2. The van der Waals surface area contributed by atoms with Gasteiger partial charge in [-0.3, -0.25) is 0 Å². The smallest absolute Gasteiger partial charge is 0.323 e. The van der Waals surface area contributed by atoms with Gasteiger partial charge in [0.25, 0.3) is 0 Å². The maximum Gasteiger partial charge on any atom is 0.323 e. The van der Waals surface area contributed by atoms with Gasteiger partial charge in [-0.1, -0.05) is 25.0 Å². The van der Waals surface area contributed by atoms with Crippen LogP contribution in [0.1, 0.15) is 25.7 Å². The molecule has 1 aromatic heterocycles. The van der Waals surface area contributed by atoms with Crippen molar-refractivity contribution in [1.82, 2.24) is 10.2 Å². The Hall–Kier alpha value is -3.81. The third-order valence-corrected chi connectivity index (χ3v) is 5.64. The molecule has 0 spiro atoms. The van der Waals surface area contributed by atoms with E-state index >= 15 is 0 Å². The number of ether oxygens (including phenoxy) is 2. The van der Waals surface area contributed by atoms with Crippen LogP contribution < -0.4 is 25.0 Å². The Labute approximate surface area is 193 Å². The van der Waals surface area contributed by atoms with Gasteiger partial charge < -0.3 is 25.0 Å². The van der Waals surface area contributed by atoms with E-state index in [4.69, 9.17) is 9.47 Å². The molecule has 2 amide bonds. The standard InChI is InChI=1S/C25H29N5O3/c1-32-22-12-10-20(17-23(22)33-2)27-25(31)26-19-9-7-8-18(16-19)21-11-13-24(29-28-21)30-14-5-3-4-6-15-30/h7-13,16-17H,3-6,14-15H2,1-2H3,(H2,26,27,31). The molecular formula is C25H29N5O3. The molecule has 3 aromatic rings. The fourth-order valence-electron chi connectivity index (χ4n) is 3.91. The van der Waals surface area contributed by atoms with Crippen molar-refractivity contribution in [3.63, 3.8) is 0 Å². The molecule has 0 atom stereocenters. The number of hydrogen-bond acceptors (Lipinski definition) is 6. The van der Waals surface area contributed by atoms with E-state index < -0.39 is 0 Å². The van der Waals surface area contributed by atoms with Gasteiger partial charge in [0, 0.05) is 36.1 Å². The van der Waals surface area contributed by atoms with E-state index in [-0.39, 0.29) is 6.03 Å². The summed E-state index contributed by atoms with van der Waals surface area (Å²) in [4.78, 5) is 14.8. The Morgan fingerprint density at radius 2 is 1.55 bits per heavy atom. The van der Waals surface area contributed by atoms with Crippen LogP contribution in [0.4, 0.5) is 22.0 Å². The topological polar surface area (TPSA) is 88.6 Å². The van der Waals surface area contributed by atoms with Crippen LogP contribution in [0.5, 0.6) is 11.5 Å². The van der Waals surface area contributed by atoms with Gasteiger partial charge in [-0.15, -0.1) is 10.2 Å². The van der Waals surface area contributed by atoms with Crippen LogP contribution in [0.15, 0.2) is 54.6 Å². The van der Waals surface area contributed by atoms with Crippen molar-refractivity contribution in [2.75, 3.05) is 42.8 Å². The molecule has 1 saturated heterocycles. The molecule has 0 aliphatic carbocycles. The maximum atomic E-state index is 12.5. The second-order valence-electron chi connectivity index (χ2n) is 7.91. The van der Waals surface area contributed by atoms with E-state index in [1.165, 1.54) is 25.7 Å². The average molecular weight is 448 g/mol. The van der Waals surface area contributed by atoms with Crippen LogP contribution >= 0.6 is 0 Å². The second kappa shape index (κ2) is 10.7. The largest absolute Gasteiger partial charge is 0.493 e. The number of rotatable bonds is 6. The zero-order valence-corrected chi connectivity index (χ0v) is 19.0. The molecule has 33 heavy (non-hydrogen) atoms. The second-order valence-corrected chi connectivity index (χ2v) is 7.91. The van der Waals surface area contributed by atoms with Gasteiger partial charge in [-0.05, 0) is 49.2 Å². The molecule has 0 radical (unpaired) electrons. The third-order valence-electron chi connectivity index (χ3n) is 5.64. The van der Waals surface area contributed by atoms with Crippen LogP contribution in [-0.4, -0.2) is 43.5 Å². The third kappa shape index (κ3) is 5.71. The predicted molar refractivity (Wildman–Crippen MR) is 130 cm³/mol. The summed E-state index contributed by atoms with van der Waals surface area (Å²) in [6, 6.07) is 16.4. The van der Waals surface area contributed by atoms with Gasteiger partial charge in [-0.25, -0.2) is 4.79 Å². The SMILES string of the molecule is COc1ccc(NC(=O)Nc2cccc(-c3ccc(N4CCCCCC4)nn3)c2)cc1OC. The van der Waals surface area contributed by atoms with Crippen LogP contribution in [-0.2, 0) is 0 Å². The number of nitrogens with zero attached hydrogens (tertiary/aromatic N) is 3. The summed E-state index contributed by atoms with van der Waals surface area (Å²) in [5.41, 5.74) is 2.89. The number of carbonyl (C=O) groups is 1. The molecule has 8 nitrogen and oxygen atoms in total. The molecule has 172 valence electrons. The summed E-state index contributed by atoms with van der Waals surface area (Å²) in [6.07, 6.45) is 4.95. The van der Waals surface area contributed by atoms with Crippen LogP contribution in [0.25, 0.3) is 11.3 Å². The van der Waals surface area contributed by atoms with Gasteiger partial charge in [0.15, 0.2) is 17.3 Å². The summed E-state index contributed by atoms with van der Waals surface area (Å²) in [5, 5.41) is 14.5. The van der Waals surface area contributed by atoms with Crippen molar-refractivity contribution in [3.8, 4) is 22.8 Å². The van der Waals surface area contributed by atoms with E-state index in [1.807, 2.05) is 36.4 Å². The molecule has 2 heterocycles. The first-order valence-electron chi connectivity index (χ1n) is 11.2. The van der Waals surface area contributed by atoms with Crippen LogP contribution in [0.2, 0.25) is 0 Å². The van der Waals surface area contributed by atoms with Crippen molar-refractivity contribution >= 4 is 23.2 Å². The summed E-state index contributed by atoms with van der Waals surface area (Å²) in [7, 11) is 3.12. The Morgan fingerprint density at radius 1 is 0.818 bits per heavy atom. The van der Waals surface area contributed by atoms with Gasteiger partial charge in [0.05, 0.1) is 19.9 Å². The van der Waals surface area contributed by atoms with E-state index in [0.29, 0.717) is 22.9 Å². The van der Waals surface area contributed by atoms with Crippen LogP contribution in [0.3, 0.4) is 0 Å². The van der Waals surface area contributed by atoms with Gasteiger partial charge in [0.2, 0.25) is 0 Å². The lowest BCUT2D eigenvalue weighted by molar-refractivity contribution is 0.262. The quantitative estimate of drug-likeness (QED) is 0.541. The number of urea groups is 1. The lowest BCUT2D eigenvalue weighted by atomic mass is 10.1. The Morgan fingerprint density at radius 3 is 2.21 bits per heavy atom. The predicted octanol–water partition coefficient (Wildman–Crippen LogP) is 5.19. The highest BCUT2D eigenvalue weighted by molar-refractivity contribution is 6.00. The molecule has 1 fully saturated rings. The highest BCUT2D eigenvalue weighted by Crippen LogP contribution is 2.30. The Balaban J connectivity index is 1.42. The highest BCUT2D eigenvalue weighted by atomic mass is 16.5. The van der Waals surface area contributed by atoms with E-state index in [9.17, 15) is 4.79 Å². The summed E-state index contributed by atoms with van der Waals surface area (Å²) in [5.74, 6) is 2.06. The van der Waals surface area contributed by atoms with Gasteiger partial charge in [0.1, 0.15) is 0 Å². The zero-order chi connectivity index (χ0) is 23.0. The fraction of sp³-hybridized carbons (Fsp3) is 0.320. The number of aromatic nitrogens is 2. The molecule has 0 unspecified atom stereocenters. The van der Waals surface area contributed by atoms with Gasteiger partial charge >= 0.3 is 6.03 Å². The maximum absolute atomic E-state index is 12.5. The Bertz CT molecular complexity index is 1080. The minimum absolute atomic E-state index is 0.359. The van der Waals surface area contributed by atoms with E-state index in [2.05, 4.69) is 25.7 Å². The minimum atomic E-state index is -0.359. The van der Waals surface area contributed by atoms with Crippen molar-refractivity contribution in [2.24, 2.45) is 0 Å². The number of anilines is 3. The average Bonchev–Trinajstić information content (AvgIpc) is 3.14. The van der Waals surface area contributed by atoms with Crippen molar-refractivity contribution < 1.29 is 14.3 Å². The zero-order valence-electron chi connectivity index (χ0n) is 19.0. The van der Waals surface area contributed by atoms with E-state index in [1.54, 1.807) is 32.4 Å². The fourth-order valence-corrected chi connectivity index (χ4v) is 3.91. The van der Waals surface area contributed by atoms with Gasteiger partial charge in [-0.2, -0.15) is 0 Å². The number of carbonyl (C=O) groups excluding carboxylic acids is 1. The number of benzene rings is 2. The molecule has 0 bridgehead atoms. The first-order chi connectivity index (χ1) is 16.2.